The number of carbonyl (C=O) groups is 1. The van der Waals surface area contributed by atoms with Gasteiger partial charge in [-0.25, -0.2) is 4.98 Å². The quantitative estimate of drug-likeness (QED) is 0.843. The van der Waals surface area contributed by atoms with Crippen LogP contribution in [-0.4, -0.2) is 16.1 Å². The second-order valence-corrected chi connectivity index (χ2v) is 6.07. The van der Waals surface area contributed by atoms with E-state index in [0.29, 0.717) is 11.6 Å². The summed E-state index contributed by atoms with van der Waals surface area (Å²) >= 11 is 5.83. The van der Waals surface area contributed by atoms with Crippen molar-refractivity contribution >= 4 is 17.6 Å². The maximum absolute atomic E-state index is 11.6. The summed E-state index contributed by atoms with van der Waals surface area (Å²) in [7, 11) is 0. The molecule has 1 aromatic carbocycles. The molecule has 21 heavy (non-hydrogen) atoms. The van der Waals surface area contributed by atoms with Crippen molar-refractivity contribution in [2.45, 2.75) is 26.2 Å². The minimum Gasteiger partial charge on any atom is -0.481 e. The highest BCUT2D eigenvalue weighted by atomic mass is 35.5. The van der Waals surface area contributed by atoms with Crippen LogP contribution >= 0.6 is 11.6 Å². The number of nitrogens with zero attached hydrogens (tertiary/aromatic N) is 1. The van der Waals surface area contributed by atoms with Gasteiger partial charge in [-0.1, -0.05) is 48.0 Å². The van der Waals surface area contributed by atoms with Crippen LogP contribution in [-0.2, 0) is 11.2 Å². The first-order chi connectivity index (χ1) is 9.91. The van der Waals surface area contributed by atoms with Gasteiger partial charge in [0.05, 0.1) is 5.41 Å². The molecule has 1 N–H and O–H groups in total. The van der Waals surface area contributed by atoms with E-state index in [-0.39, 0.29) is 5.92 Å². The van der Waals surface area contributed by atoms with Crippen molar-refractivity contribution < 1.29 is 9.90 Å². The molecule has 1 unspecified atom stereocenters. The molecule has 3 nitrogen and oxygen atoms in total. The van der Waals surface area contributed by atoms with E-state index in [1.807, 2.05) is 36.4 Å². The summed E-state index contributed by atoms with van der Waals surface area (Å²) in [6, 6.07) is 13.4. The number of pyridine rings is 1. The smallest absolute Gasteiger partial charge is 0.309 e. The highest BCUT2D eigenvalue weighted by molar-refractivity contribution is 6.29. The van der Waals surface area contributed by atoms with Gasteiger partial charge in [0.15, 0.2) is 0 Å². The van der Waals surface area contributed by atoms with E-state index < -0.39 is 11.4 Å². The third-order valence-electron chi connectivity index (χ3n) is 3.86. The highest BCUT2D eigenvalue weighted by Crippen LogP contribution is 2.38. The van der Waals surface area contributed by atoms with Crippen molar-refractivity contribution in [3.8, 4) is 0 Å². The summed E-state index contributed by atoms with van der Waals surface area (Å²) in [6.45, 7) is 3.50. The zero-order chi connectivity index (χ0) is 15.5. The maximum Gasteiger partial charge on any atom is 0.309 e. The average Bonchev–Trinajstić information content (AvgIpc) is 2.46. The molecule has 110 valence electrons. The van der Waals surface area contributed by atoms with Crippen LogP contribution in [0, 0.1) is 5.41 Å². The first-order valence-corrected chi connectivity index (χ1v) is 7.18. The van der Waals surface area contributed by atoms with Crippen LogP contribution in [0.1, 0.15) is 30.9 Å². The second-order valence-electron chi connectivity index (χ2n) is 5.68. The van der Waals surface area contributed by atoms with Crippen molar-refractivity contribution in [2.24, 2.45) is 5.41 Å². The zero-order valence-electron chi connectivity index (χ0n) is 12.1. The van der Waals surface area contributed by atoms with E-state index in [4.69, 9.17) is 11.6 Å². The molecule has 2 aromatic rings. The molecule has 0 saturated carbocycles. The van der Waals surface area contributed by atoms with Gasteiger partial charge in [0, 0.05) is 12.1 Å². The van der Waals surface area contributed by atoms with Crippen LogP contribution in [0.4, 0.5) is 0 Å². The molecular weight excluding hydrogens is 286 g/mol. The second kappa shape index (κ2) is 6.27. The van der Waals surface area contributed by atoms with E-state index in [1.54, 1.807) is 26.1 Å². The lowest BCUT2D eigenvalue weighted by Gasteiger charge is -2.31. The van der Waals surface area contributed by atoms with Gasteiger partial charge >= 0.3 is 5.97 Å². The van der Waals surface area contributed by atoms with Gasteiger partial charge in [0.2, 0.25) is 0 Å². The van der Waals surface area contributed by atoms with Crippen molar-refractivity contribution in [1.29, 1.82) is 0 Å². The Bertz CT molecular complexity index is 608. The Morgan fingerprint density at radius 2 is 1.90 bits per heavy atom. The predicted octanol–water partition coefficient (Wildman–Crippen LogP) is 4.17. The van der Waals surface area contributed by atoms with Gasteiger partial charge in [0.25, 0.3) is 0 Å². The molecule has 1 atom stereocenters. The van der Waals surface area contributed by atoms with Crippen LogP contribution < -0.4 is 0 Å². The number of aliphatic carboxylic acids is 1. The number of benzene rings is 1. The topological polar surface area (TPSA) is 50.2 Å². The van der Waals surface area contributed by atoms with Crippen LogP contribution in [0.5, 0.6) is 0 Å². The minimum absolute atomic E-state index is 0.179. The first-order valence-electron chi connectivity index (χ1n) is 6.80. The Kier molecular flexibility index (Phi) is 4.63. The number of aromatic nitrogens is 1. The number of carboxylic acid groups (broad SMARTS) is 1. The zero-order valence-corrected chi connectivity index (χ0v) is 12.8. The number of hydrogen-bond donors (Lipinski definition) is 1. The molecule has 0 spiro atoms. The summed E-state index contributed by atoms with van der Waals surface area (Å²) < 4.78 is 0. The molecular formula is C17H18ClNO2. The summed E-state index contributed by atoms with van der Waals surface area (Å²) in [5.41, 5.74) is 1.09. The Morgan fingerprint density at radius 1 is 1.24 bits per heavy atom. The maximum atomic E-state index is 11.6. The third-order valence-corrected chi connectivity index (χ3v) is 4.08. The van der Waals surface area contributed by atoms with Crippen LogP contribution in [0.2, 0.25) is 5.15 Å². The lowest BCUT2D eigenvalue weighted by atomic mass is 9.72. The molecule has 0 saturated heterocycles. The molecule has 4 heteroatoms. The van der Waals surface area contributed by atoms with Gasteiger partial charge < -0.3 is 5.11 Å². The molecule has 0 aliphatic rings. The molecule has 0 aliphatic carbocycles. The van der Waals surface area contributed by atoms with Crippen LogP contribution in [0.3, 0.4) is 0 Å². The Hall–Kier alpha value is -1.87. The van der Waals surface area contributed by atoms with E-state index in [9.17, 15) is 9.90 Å². The molecule has 0 fully saturated rings. The SMILES string of the molecule is CC(C)(C(=O)O)C(Cc1ccccc1)c1ccc(Cl)nc1. The monoisotopic (exact) mass is 303 g/mol. The van der Waals surface area contributed by atoms with Crippen LogP contribution in [0.25, 0.3) is 0 Å². The fourth-order valence-electron chi connectivity index (χ4n) is 2.38. The van der Waals surface area contributed by atoms with Crippen molar-refractivity contribution in [1.82, 2.24) is 4.98 Å². The lowest BCUT2D eigenvalue weighted by Crippen LogP contribution is -2.32. The molecule has 0 amide bonds. The van der Waals surface area contributed by atoms with E-state index >= 15 is 0 Å². The molecule has 0 bridgehead atoms. The summed E-state index contributed by atoms with van der Waals surface area (Å²) in [5, 5.41) is 9.97. The Labute approximate surface area is 129 Å². The van der Waals surface area contributed by atoms with Crippen molar-refractivity contribution in [3.63, 3.8) is 0 Å². The predicted molar refractivity (Wildman–Crippen MR) is 83.6 cm³/mol. The van der Waals surface area contributed by atoms with Gasteiger partial charge in [0.1, 0.15) is 5.15 Å². The van der Waals surface area contributed by atoms with Gasteiger partial charge in [-0.3, -0.25) is 4.79 Å². The summed E-state index contributed by atoms with van der Waals surface area (Å²) in [5.74, 6) is -0.999. The normalized spacial score (nSPS) is 12.9. The molecule has 0 radical (unpaired) electrons. The molecule has 2 rings (SSSR count). The number of halogens is 1. The van der Waals surface area contributed by atoms with Gasteiger partial charge in [-0.2, -0.15) is 0 Å². The summed E-state index contributed by atoms with van der Waals surface area (Å²) in [4.78, 5) is 15.7. The fraction of sp³-hybridized carbons (Fsp3) is 0.294. The lowest BCUT2D eigenvalue weighted by molar-refractivity contribution is -0.148. The largest absolute Gasteiger partial charge is 0.481 e. The van der Waals surface area contributed by atoms with E-state index in [0.717, 1.165) is 11.1 Å². The molecule has 1 aromatic heterocycles. The third kappa shape index (κ3) is 3.61. The molecule has 1 heterocycles. The van der Waals surface area contributed by atoms with Crippen molar-refractivity contribution in [3.05, 3.63) is 64.9 Å². The standard InChI is InChI=1S/C17H18ClNO2/c1-17(2,16(20)21)14(10-12-6-4-3-5-7-12)13-8-9-15(18)19-11-13/h3-9,11,14H,10H2,1-2H3,(H,20,21). The first kappa shape index (κ1) is 15.5. The van der Waals surface area contributed by atoms with E-state index in [2.05, 4.69) is 4.98 Å². The number of rotatable bonds is 5. The Morgan fingerprint density at radius 3 is 2.43 bits per heavy atom. The molecule has 0 aliphatic heterocycles. The van der Waals surface area contributed by atoms with Gasteiger partial charge in [-0.15, -0.1) is 0 Å². The fourth-order valence-corrected chi connectivity index (χ4v) is 2.49. The van der Waals surface area contributed by atoms with Gasteiger partial charge in [-0.05, 0) is 37.5 Å². The Balaban J connectivity index is 2.39. The highest BCUT2D eigenvalue weighted by Gasteiger charge is 2.37. The number of carboxylic acids is 1. The summed E-state index contributed by atoms with van der Waals surface area (Å²) in [6.07, 6.45) is 2.31. The number of hydrogen-bond acceptors (Lipinski definition) is 2. The van der Waals surface area contributed by atoms with Crippen LogP contribution in [0.15, 0.2) is 48.7 Å². The van der Waals surface area contributed by atoms with E-state index in [1.165, 1.54) is 0 Å². The minimum atomic E-state index is -0.897. The van der Waals surface area contributed by atoms with Crippen molar-refractivity contribution in [2.75, 3.05) is 0 Å². The average molecular weight is 304 g/mol.